The summed E-state index contributed by atoms with van der Waals surface area (Å²) < 4.78 is 0. The van der Waals surface area contributed by atoms with E-state index < -0.39 is 5.91 Å². The molecule has 142 valence electrons. The number of amidine groups is 1. The summed E-state index contributed by atoms with van der Waals surface area (Å²) in [7, 11) is 0. The maximum atomic E-state index is 13.0. The van der Waals surface area contributed by atoms with E-state index in [1.165, 1.54) is 5.01 Å². The third-order valence-electron chi connectivity index (χ3n) is 4.52. The van der Waals surface area contributed by atoms with Crippen LogP contribution in [0.5, 0.6) is 0 Å². The third kappa shape index (κ3) is 3.99. The largest absolute Gasteiger partial charge is 0.288 e. The molecule has 29 heavy (non-hydrogen) atoms. The number of nitrogens with zero attached hydrogens (tertiary/aromatic N) is 2. The van der Waals surface area contributed by atoms with E-state index in [0.29, 0.717) is 11.4 Å². The highest BCUT2D eigenvalue weighted by molar-refractivity contribution is 6.18. The Balaban J connectivity index is 1.78. The first-order valence-electron chi connectivity index (χ1n) is 9.25. The number of benzene rings is 3. The molecule has 0 atom stereocenters. The Bertz CT molecular complexity index is 1100. The summed E-state index contributed by atoms with van der Waals surface area (Å²) in [6.45, 7) is 2.00. The molecule has 0 unspecified atom stereocenters. The van der Waals surface area contributed by atoms with Crippen LogP contribution in [0, 0.1) is 6.92 Å². The SMILES string of the molecule is Cc1ccc(/C=C2/N=C(c3ccccc3)N(C(=O)c3ccccc3)NC2=O)cc1. The lowest BCUT2D eigenvalue weighted by molar-refractivity contribution is -0.120. The van der Waals surface area contributed by atoms with Crippen LogP contribution >= 0.6 is 0 Å². The topological polar surface area (TPSA) is 61.8 Å². The molecule has 0 radical (unpaired) electrons. The molecule has 4 rings (SSSR count). The quantitative estimate of drug-likeness (QED) is 0.698. The molecule has 0 fully saturated rings. The predicted octanol–water partition coefficient (Wildman–Crippen LogP) is 3.97. The highest BCUT2D eigenvalue weighted by Crippen LogP contribution is 2.18. The van der Waals surface area contributed by atoms with Gasteiger partial charge < -0.3 is 0 Å². The Morgan fingerprint density at radius 1 is 0.897 bits per heavy atom. The molecule has 1 aliphatic heterocycles. The number of carbonyl (C=O) groups is 2. The molecule has 1 N–H and O–H groups in total. The molecule has 0 spiro atoms. The van der Waals surface area contributed by atoms with Gasteiger partial charge in [-0.05, 0) is 30.7 Å². The molecule has 1 aliphatic rings. The van der Waals surface area contributed by atoms with E-state index in [1.807, 2.05) is 67.6 Å². The average molecular weight is 381 g/mol. The van der Waals surface area contributed by atoms with Crippen LogP contribution in [-0.4, -0.2) is 22.7 Å². The van der Waals surface area contributed by atoms with Crippen molar-refractivity contribution in [3.8, 4) is 0 Å². The van der Waals surface area contributed by atoms with Crippen LogP contribution in [0.3, 0.4) is 0 Å². The van der Waals surface area contributed by atoms with Crippen LogP contribution in [0.4, 0.5) is 0 Å². The van der Waals surface area contributed by atoms with Gasteiger partial charge in [-0.15, -0.1) is 0 Å². The second-order valence-electron chi connectivity index (χ2n) is 6.69. The van der Waals surface area contributed by atoms with Crippen molar-refractivity contribution in [3.63, 3.8) is 0 Å². The van der Waals surface area contributed by atoms with Crippen LogP contribution in [-0.2, 0) is 4.79 Å². The van der Waals surface area contributed by atoms with Crippen LogP contribution in [0.25, 0.3) is 6.08 Å². The first-order chi connectivity index (χ1) is 14.1. The van der Waals surface area contributed by atoms with E-state index in [1.54, 1.807) is 30.3 Å². The number of hydrogen-bond donors (Lipinski definition) is 1. The second-order valence-corrected chi connectivity index (χ2v) is 6.69. The molecule has 3 aromatic rings. The fraction of sp³-hybridized carbons (Fsp3) is 0.0417. The Morgan fingerprint density at radius 2 is 1.52 bits per heavy atom. The lowest BCUT2D eigenvalue weighted by Crippen LogP contribution is -2.53. The summed E-state index contributed by atoms with van der Waals surface area (Å²) >= 11 is 0. The Kier molecular flexibility index (Phi) is 5.03. The zero-order chi connectivity index (χ0) is 20.2. The number of rotatable bonds is 3. The number of amides is 2. The van der Waals surface area contributed by atoms with E-state index in [9.17, 15) is 9.59 Å². The fourth-order valence-corrected chi connectivity index (χ4v) is 2.98. The van der Waals surface area contributed by atoms with Crippen molar-refractivity contribution in [1.82, 2.24) is 10.4 Å². The molecule has 5 nitrogen and oxygen atoms in total. The number of aliphatic imine (C=N–C) groups is 1. The Labute approximate surface area is 169 Å². The van der Waals surface area contributed by atoms with Crippen LogP contribution in [0.2, 0.25) is 0 Å². The zero-order valence-corrected chi connectivity index (χ0v) is 15.9. The summed E-state index contributed by atoms with van der Waals surface area (Å²) in [5.74, 6) is -0.414. The van der Waals surface area contributed by atoms with Gasteiger partial charge in [-0.25, -0.2) is 4.99 Å². The first-order valence-corrected chi connectivity index (χ1v) is 9.25. The number of carbonyl (C=O) groups excluding carboxylic acids is 2. The van der Waals surface area contributed by atoms with Gasteiger partial charge in [-0.1, -0.05) is 78.4 Å². The van der Waals surface area contributed by atoms with Crippen molar-refractivity contribution >= 4 is 23.7 Å². The van der Waals surface area contributed by atoms with Gasteiger partial charge in [0.15, 0.2) is 5.84 Å². The molecule has 0 saturated heterocycles. The van der Waals surface area contributed by atoms with Gasteiger partial charge in [0.1, 0.15) is 5.70 Å². The minimum Gasteiger partial charge on any atom is -0.267 e. The minimum atomic E-state index is -0.436. The van der Waals surface area contributed by atoms with Gasteiger partial charge >= 0.3 is 0 Å². The smallest absolute Gasteiger partial charge is 0.267 e. The standard InChI is InChI=1S/C24H19N3O2/c1-17-12-14-18(15-13-17)16-21-23(28)26-27(24(29)20-10-6-3-7-11-20)22(25-21)19-8-4-2-5-9-19/h2-16H,1H3,(H,26,28)/b21-16+. The fourth-order valence-electron chi connectivity index (χ4n) is 2.98. The lowest BCUT2D eigenvalue weighted by Gasteiger charge is -2.28. The van der Waals surface area contributed by atoms with E-state index in [2.05, 4.69) is 10.4 Å². The lowest BCUT2D eigenvalue weighted by atomic mass is 10.1. The average Bonchev–Trinajstić information content (AvgIpc) is 2.77. The molecule has 0 aromatic heterocycles. The molecule has 3 aromatic carbocycles. The number of hydrazine groups is 1. The summed E-state index contributed by atoms with van der Waals surface area (Å²) in [5.41, 5.74) is 6.11. The van der Waals surface area contributed by atoms with Crippen molar-refractivity contribution in [3.05, 3.63) is 113 Å². The summed E-state index contributed by atoms with van der Waals surface area (Å²) in [4.78, 5) is 30.3. The van der Waals surface area contributed by atoms with E-state index in [0.717, 1.165) is 16.7 Å². The van der Waals surface area contributed by atoms with Crippen molar-refractivity contribution in [1.29, 1.82) is 0 Å². The second kappa shape index (κ2) is 7.94. The number of hydrogen-bond acceptors (Lipinski definition) is 3. The van der Waals surface area contributed by atoms with E-state index in [-0.39, 0.29) is 11.6 Å². The van der Waals surface area contributed by atoms with Gasteiger partial charge in [0.05, 0.1) is 0 Å². The van der Waals surface area contributed by atoms with Crippen LogP contribution in [0.15, 0.2) is 95.6 Å². The summed E-state index contributed by atoms with van der Waals surface area (Å²) in [6, 6.07) is 25.9. The monoisotopic (exact) mass is 381 g/mol. The van der Waals surface area contributed by atoms with Crippen molar-refractivity contribution in [2.24, 2.45) is 4.99 Å². The van der Waals surface area contributed by atoms with Gasteiger partial charge in [0.25, 0.3) is 11.8 Å². The van der Waals surface area contributed by atoms with Gasteiger partial charge in [-0.3, -0.25) is 15.0 Å². The minimum absolute atomic E-state index is 0.241. The molecule has 0 bridgehead atoms. The molecule has 0 saturated carbocycles. The number of aryl methyl sites for hydroxylation is 1. The predicted molar refractivity (Wildman–Crippen MR) is 113 cm³/mol. The van der Waals surface area contributed by atoms with Crippen LogP contribution in [0.1, 0.15) is 27.0 Å². The highest BCUT2D eigenvalue weighted by Gasteiger charge is 2.30. The van der Waals surface area contributed by atoms with Crippen molar-refractivity contribution in [2.75, 3.05) is 0 Å². The van der Waals surface area contributed by atoms with E-state index in [4.69, 9.17) is 0 Å². The molecule has 2 amide bonds. The Morgan fingerprint density at radius 3 is 2.17 bits per heavy atom. The summed E-state index contributed by atoms with van der Waals surface area (Å²) in [6.07, 6.45) is 1.71. The normalized spacial score (nSPS) is 15.1. The highest BCUT2D eigenvalue weighted by atomic mass is 16.2. The molecule has 1 heterocycles. The zero-order valence-electron chi connectivity index (χ0n) is 15.9. The first kappa shape index (κ1) is 18.4. The Hall–Kier alpha value is -3.99. The van der Waals surface area contributed by atoms with Crippen molar-refractivity contribution < 1.29 is 9.59 Å². The molecular formula is C24H19N3O2. The number of nitrogens with one attached hydrogen (secondary N) is 1. The van der Waals surface area contributed by atoms with E-state index >= 15 is 0 Å². The van der Waals surface area contributed by atoms with Gasteiger partial charge in [-0.2, -0.15) is 5.01 Å². The molecule has 5 heteroatoms. The van der Waals surface area contributed by atoms with Crippen molar-refractivity contribution in [2.45, 2.75) is 6.92 Å². The summed E-state index contributed by atoms with van der Waals surface area (Å²) in [5, 5.41) is 1.21. The third-order valence-corrected chi connectivity index (χ3v) is 4.52. The maximum Gasteiger partial charge on any atom is 0.288 e. The van der Waals surface area contributed by atoms with Gasteiger partial charge in [0.2, 0.25) is 0 Å². The maximum absolute atomic E-state index is 13.0. The van der Waals surface area contributed by atoms with Gasteiger partial charge in [0, 0.05) is 11.1 Å². The molecule has 0 aliphatic carbocycles. The molecular weight excluding hydrogens is 362 g/mol. The van der Waals surface area contributed by atoms with Crippen LogP contribution < -0.4 is 5.43 Å².